The Kier molecular flexibility index (Phi) is 5.49. The Balaban J connectivity index is 1.81. The van der Waals surface area contributed by atoms with Gasteiger partial charge in [0, 0.05) is 11.9 Å². The van der Waals surface area contributed by atoms with Gasteiger partial charge in [-0.3, -0.25) is 0 Å². The van der Waals surface area contributed by atoms with E-state index in [1.807, 2.05) is 13.0 Å². The molecule has 0 spiro atoms. The first-order chi connectivity index (χ1) is 13.0. The van der Waals surface area contributed by atoms with Crippen molar-refractivity contribution in [1.82, 2.24) is 19.9 Å². The molecule has 0 saturated heterocycles. The number of nitrogens with one attached hydrogen (secondary N) is 2. The number of hydrogen-bond acceptors (Lipinski definition) is 6. The van der Waals surface area contributed by atoms with Crippen molar-refractivity contribution in [1.29, 1.82) is 0 Å². The molecule has 0 bridgehead atoms. The first-order valence-corrected chi connectivity index (χ1v) is 8.92. The van der Waals surface area contributed by atoms with Crippen LogP contribution in [0, 0.1) is 6.92 Å². The number of carbonyl (C=O) groups is 1. The van der Waals surface area contributed by atoms with Gasteiger partial charge >= 0.3 is 5.97 Å². The molecule has 140 valence electrons. The third-order valence-electron chi connectivity index (χ3n) is 3.96. The van der Waals surface area contributed by atoms with Crippen molar-refractivity contribution in [3.8, 4) is 11.4 Å². The molecule has 7 nitrogen and oxygen atoms in total. The van der Waals surface area contributed by atoms with Crippen LogP contribution in [0.5, 0.6) is 0 Å². The molecule has 2 N–H and O–H groups in total. The fraction of sp³-hybridized carbons (Fsp3) is 0.300. The summed E-state index contributed by atoms with van der Waals surface area (Å²) in [5, 5.41) is 3.16. The van der Waals surface area contributed by atoms with Crippen LogP contribution in [0.1, 0.15) is 48.6 Å². The number of anilines is 2. The highest BCUT2D eigenvalue weighted by Gasteiger charge is 2.15. The van der Waals surface area contributed by atoms with Gasteiger partial charge in [0.2, 0.25) is 5.95 Å². The average Bonchev–Trinajstić information content (AvgIpc) is 3.05. The third kappa shape index (κ3) is 4.31. The molecule has 0 fully saturated rings. The predicted octanol–water partition coefficient (Wildman–Crippen LogP) is 4.22. The number of nitrogens with zero attached hydrogens (tertiary/aromatic N) is 3. The number of rotatable bonds is 6. The van der Waals surface area contributed by atoms with Gasteiger partial charge in [-0.1, -0.05) is 13.8 Å². The third-order valence-corrected chi connectivity index (χ3v) is 3.96. The standard InChI is InChI=1S/C20H23N5O2/c1-5-27-19(26)14-6-8-15(9-7-14)24-20-21-11-10-16(25-20)18-17(12(2)3)22-13(4)23-18/h6-12H,5H2,1-4H3,(H,22,23)(H,21,24,25). The Labute approximate surface area is 158 Å². The monoisotopic (exact) mass is 365 g/mol. The maximum atomic E-state index is 11.7. The summed E-state index contributed by atoms with van der Waals surface area (Å²) in [4.78, 5) is 28.5. The molecule has 0 amide bonds. The van der Waals surface area contributed by atoms with Gasteiger partial charge < -0.3 is 15.0 Å². The lowest BCUT2D eigenvalue weighted by Crippen LogP contribution is -2.04. The summed E-state index contributed by atoms with van der Waals surface area (Å²) in [5.74, 6) is 1.28. The first-order valence-electron chi connectivity index (χ1n) is 8.92. The van der Waals surface area contributed by atoms with Gasteiger partial charge in [-0.25, -0.2) is 19.7 Å². The molecule has 0 aliphatic carbocycles. The van der Waals surface area contributed by atoms with Gasteiger partial charge in [0.1, 0.15) is 5.82 Å². The molecule has 2 aromatic heterocycles. The van der Waals surface area contributed by atoms with Crippen molar-refractivity contribution in [2.24, 2.45) is 0 Å². The Bertz CT molecular complexity index is 932. The van der Waals surface area contributed by atoms with Crippen molar-refractivity contribution < 1.29 is 9.53 Å². The fourth-order valence-corrected chi connectivity index (χ4v) is 2.71. The summed E-state index contributed by atoms with van der Waals surface area (Å²) in [6.45, 7) is 8.27. The number of ether oxygens (including phenoxy) is 1. The van der Waals surface area contributed by atoms with E-state index in [1.165, 1.54) is 0 Å². The van der Waals surface area contributed by atoms with Crippen LogP contribution in [0.15, 0.2) is 36.5 Å². The lowest BCUT2D eigenvalue weighted by Gasteiger charge is -2.08. The molecule has 0 saturated carbocycles. The second-order valence-corrected chi connectivity index (χ2v) is 6.43. The number of esters is 1. The van der Waals surface area contributed by atoms with E-state index in [-0.39, 0.29) is 11.9 Å². The normalized spacial score (nSPS) is 10.9. The van der Waals surface area contributed by atoms with Gasteiger partial charge in [-0.2, -0.15) is 0 Å². The number of benzene rings is 1. The molecule has 3 rings (SSSR count). The van der Waals surface area contributed by atoms with Gasteiger partial charge in [-0.05, 0) is 50.1 Å². The number of aromatic amines is 1. The zero-order chi connectivity index (χ0) is 19.4. The minimum Gasteiger partial charge on any atom is -0.462 e. The minimum atomic E-state index is -0.335. The van der Waals surface area contributed by atoms with Crippen LogP contribution in [0.3, 0.4) is 0 Å². The second kappa shape index (κ2) is 7.99. The summed E-state index contributed by atoms with van der Waals surface area (Å²) in [6, 6.07) is 8.86. The zero-order valence-corrected chi connectivity index (χ0v) is 15.9. The van der Waals surface area contributed by atoms with E-state index in [9.17, 15) is 4.79 Å². The van der Waals surface area contributed by atoms with Crippen LogP contribution in [0.4, 0.5) is 11.6 Å². The Morgan fingerprint density at radius 3 is 2.59 bits per heavy atom. The largest absolute Gasteiger partial charge is 0.462 e. The zero-order valence-electron chi connectivity index (χ0n) is 15.9. The van der Waals surface area contributed by atoms with E-state index in [1.54, 1.807) is 37.4 Å². The summed E-state index contributed by atoms with van der Waals surface area (Å²) in [7, 11) is 0. The van der Waals surface area contributed by atoms with E-state index in [0.29, 0.717) is 18.1 Å². The lowest BCUT2D eigenvalue weighted by atomic mass is 10.1. The Morgan fingerprint density at radius 2 is 1.93 bits per heavy atom. The molecule has 3 aromatic rings. The number of carbonyl (C=O) groups excluding carboxylic acids is 1. The van der Waals surface area contributed by atoms with Crippen LogP contribution < -0.4 is 5.32 Å². The van der Waals surface area contributed by atoms with Crippen LogP contribution in [-0.2, 0) is 4.74 Å². The molecule has 0 atom stereocenters. The Morgan fingerprint density at radius 1 is 1.19 bits per heavy atom. The molecular formula is C20H23N5O2. The second-order valence-electron chi connectivity index (χ2n) is 6.43. The molecule has 2 heterocycles. The van der Waals surface area contributed by atoms with Crippen molar-refractivity contribution in [3.05, 3.63) is 53.6 Å². The van der Waals surface area contributed by atoms with Crippen molar-refractivity contribution >= 4 is 17.6 Å². The molecule has 0 aliphatic rings. The highest BCUT2D eigenvalue weighted by atomic mass is 16.5. The van der Waals surface area contributed by atoms with Crippen molar-refractivity contribution in [2.45, 2.75) is 33.6 Å². The lowest BCUT2D eigenvalue weighted by molar-refractivity contribution is 0.0526. The van der Waals surface area contributed by atoms with Gasteiger partial charge in [0.25, 0.3) is 0 Å². The molecule has 0 aliphatic heterocycles. The maximum absolute atomic E-state index is 11.7. The van der Waals surface area contributed by atoms with Gasteiger partial charge in [0.05, 0.1) is 29.3 Å². The van der Waals surface area contributed by atoms with Crippen LogP contribution in [-0.4, -0.2) is 32.5 Å². The molecule has 7 heteroatoms. The summed E-state index contributed by atoms with van der Waals surface area (Å²) < 4.78 is 4.99. The number of aromatic nitrogens is 4. The van der Waals surface area contributed by atoms with Crippen molar-refractivity contribution in [3.63, 3.8) is 0 Å². The van der Waals surface area contributed by atoms with Crippen molar-refractivity contribution in [2.75, 3.05) is 11.9 Å². The summed E-state index contributed by atoms with van der Waals surface area (Å²) in [6.07, 6.45) is 1.71. The first kappa shape index (κ1) is 18.6. The highest BCUT2D eigenvalue weighted by Crippen LogP contribution is 2.26. The number of aryl methyl sites for hydroxylation is 1. The predicted molar refractivity (Wildman–Crippen MR) is 104 cm³/mol. The van der Waals surface area contributed by atoms with Gasteiger partial charge in [0.15, 0.2) is 0 Å². The Hall–Kier alpha value is -3.22. The smallest absolute Gasteiger partial charge is 0.338 e. The van der Waals surface area contributed by atoms with E-state index in [4.69, 9.17) is 4.74 Å². The van der Waals surface area contributed by atoms with Gasteiger partial charge in [-0.15, -0.1) is 0 Å². The van der Waals surface area contributed by atoms with Crippen LogP contribution >= 0.6 is 0 Å². The van der Waals surface area contributed by atoms with E-state index in [0.717, 1.165) is 28.6 Å². The molecule has 0 unspecified atom stereocenters. The fourth-order valence-electron chi connectivity index (χ4n) is 2.71. The molecule has 1 aromatic carbocycles. The minimum absolute atomic E-state index is 0.284. The molecule has 27 heavy (non-hydrogen) atoms. The SMILES string of the molecule is CCOC(=O)c1ccc(Nc2nccc(-c3[nH]c(C)nc3C(C)C)n2)cc1. The summed E-state index contributed by atoms with van der Waals surface area (Å²) >= 11 is 0. The van der Waals surface area contributed by atoms with E-state index >= 15 is 0 Å². The van der Waals surface area contributed by atoms with E-state index < -0.39 is 0 Å². The van der Waals surface area contributed by atoms with E-state index in [2.05, 4.69) is 39.1 Å². The number of imidazole rings is 1. The number of H-pyrrole nitrogens is 1. The average molecular weight is 365 g/mol. The highest BCUT2D eigenvalue weighted by molar-refractivity contribution is 5.89. The molecule has 0 radical (unpaired) electrons. The van der Waals surface area contributed by atoms with Crippen LogP contribution in [0.25, 0.3) is 11.4 Å². The quantitative estimate of drug-likeness (QED) is 0.635. The number of hydrogen-bond donors (Lipinski definition) is 2. The van der Waals surface area contributed by atoms with Crippen LogP contribution in [0.2, 0.25) is 0 Å². The maximum Gasteiger partial charge on any atom is 0.338 e. The topological polar surface area (TPSA) is 92.8 Å². The molecular weight excluding hydrogens is 342 g/mol. The summed E-state index contributed by atoms with van der Waals surface area (Å²) in [5.41, 5.74) is 3.96.